The highest BCUT2D eigenvalue weighted by molar-refractivity contribution is 5.00. The van der Waals surface area contributed by atoms with Gasteiger partial charge in [-0.1, -0.05) is 39.5 Å². The Labute approximate surface area is 125 Å². The maximum atomic E-state index is 5.61. The summed E-state index contributed by atoms with van der Waals surface area (Å²) >= 11 is 0. The summed E-state index contributed by atoms with van der Waals surface area (Å²) in [6, 6.07) is 0.688. The number of nitrogens with one attached hydrogen (secondary N) is 1. The van der Waals surface area contributed by atoms with Crippen LogP contribution in [0.25, 0.3) is 0 Å². The maximum absolute atomic E-state index is 5.61. The fraction of sp³-hybridized carbons (Fsp3) is 1.00. The standard InChI is InChI=1S/C17H34N2O/c1-4-15(3)16-13-18-17(9-7-6-8-10-17)14-19(16)11-12-20-5-2/h15-16,18H,4-14H2,1-3H3. The topological polar surface area (TPSA) is 24.5 Å². The Balaban J connectivity index is 1.97. The number of rotatable bonds is 6. The minimum atomic E-state index is 0.411. The number of piperazine rings is 1. The van der Waals surface area contributed by atoms with Crippen LogP contribution in [0.2, 0.25) is 0 Å². The molecule has 0 bridgehead atoms. The maximum Gasteiger partial charge on any atom is 0.0593 e. The summed E-state index contributed by atoms with van der Waals surface area (Å²) < 4.78 is 5.61. The summed E-state index contributed by atoms with van der Waals surface area (Å²) in [6.07, 6.45) is 8.24. The minimum Gasteiger partial charge on any atom is -0.380 e. The van der Waals surface area contributed by atoms with Crippen LogP contribution in [0.4, 0.5) is 0 Å². The van der Waals surface area contributed by atoms with Crippen LogP contribution in [0, 0.1) is 5.92 Å². The van der Waals surface area contributed by atoms with Crippen LogP contribution in [0.1, 0.15) is 59.3 Å². The number of hydrogen-bond donors (Lipinski definition) is 1. The molecule has 0 amide bonds. The molecule has 0 aromatic heterocycles. The first kappa shape index (κ1) is 16.3. The zero-order valence-electron chi connectivity index (χ0n) is 13.8. The minimum absolute atomic E-state index is 0.411. The summed E-state index contributed by atoms with van der Waals surface area (Å²) in [5.74, 6) is 0.769. The van der Waals surface area contributed by atoms with Crippen LogP contribution >= 0.6 is 0 Å². The third kappa shape index (κ3) is 3.96. The first-order chi connectivity index (χ1) is 9.71. The second-order valence-corrected chi connectivity index (χ2v) is 6.84. The van der Waals surface area contributed by atoms with E-state index in [9.17, 15) is 0 Å². The molecule has 0 aromatic rings. The number of nitrogens with zero attached hydrogens (tertiary/aromatic N) is 1. The van der Waals surface area contributed by atoms with Gasteiger partial charge in [-0.3, -0.25) is 4.90 Å². The van der Waals surface area contributed by atoms with Gasteiger partial charge in [0.1, 0.15) is 0 Å². The van der Waals surface area contributed by atoms with Gasteiger partial charge in [0.05, 0.1) is 6.61 Å². The molecule has 2 aliphatic rings. The van der Waals surface area contributed by atoms with Gasteiger partial charge in [-0.25, -0.2) is 0 Å². The van der Waals surface area contributed by atoms with E-state index in [1.807, 2.05) is 0 Å². The Hall–Kier alpha value is -0.120. The van der Waals surface area contributed by atoms with Gasteiger partial charge in [0.25, 0.3) is 0 Å². The summed E-state index contributed by atoms with van der Waals surface area (Å²) in [6.45, 7) is 12.0. The smallest absolute Gasteiger partial charge is 0.0593 e. The quantitative estimate of drug-likeness (QED) is 0.758. The zero-order chi connectivity index (χ0) is 14.4. The molecular weight excluding hydrogens is 248 g/mol. The van der Waals surface area contributed by atoms with Gasteiger partial charge in [-0.05, 0) is 25.7 Å². The molecule has 2 unspecified atom stereocenters. The number of hydrogen-bond acceptors (Lipinski definition) is 3. The highest BCUT2D eigenvalue weighted by Gasteiger charge is 2.40. The van der Waals surface area contributed by atoms with Crippen molar-refractivity contribution >= 4 is 0 Å². The molecule has 1 spiro atoms. The molecule has 3 nitrogen and oxygen atoms in total. The lowest BCUT2D eigenvalue weighted by Gasteiger charge is -2.51. The van der Waals surface area contributed by atoms with Crippen LogP contribution in [0.5, 0.6) is 0 Å². The Kier molecular flexibility index (Phi) is 6.31. The molecule has 1 aliphatic carbocycles. The normalized spacial score (nSPS) is 28.6. The lowest BCUT2D eigenvalue weighted by Crippen LogP contribution is -2.66. The van der Waals surface area contributed by atoms with E-state index in [0.717, 1.165) is 25.7 Å². The predicted octanol–water partition coefficient (Wildman–Crippen LogP) is 3.05. The van der Waals surface area contributed by atoms with E-state index in [1.165, 1.54) is 51.6 Å². The molecule has 1 N–H and O–H groups in total. The van der Waals surface area contributed by atoms with E-state index in [-0.39, 0.29) is 0 Å². The highest BCUT2D eigenvalue weighted by Crippen LogP contribution is 2.33. The average molecular weight is 282 g/mol. The van der Waals surface area contributed by atoms with Crippen LogP contribution < -0.4 is 5.32 Å². The van der Waals surface area contributed by atoms with Gasteiger partial charge in [-0.15, -0.1) is 0 Å². The molecule has 0 aromatic carbocycles. The van der Waals surface area contributed by atoms with Gasteiger partial charge in [0.15, 0.2) is 0 Å². The SMILES string of the molecule is CCOCCN1CC2(CCCCC2)NCC1C(C)CC. The summed E-state index contributed by atoms with van der Waals surface area (Å²) in [5, 5.41) is 3.94. The Bertz CT molecular complexity index is 276. The monoisotopic (exact) mass is 282 g/mol. The van der Waals surface area contributed by atoms with Gasteiger partial charge < -0.3 is 10.1 Å². The van der Waals surface area contributed by atoms with Crippen molar-refractivity contribution < 1.29 is 4.74 Å². The third-order valence-corrected chi connectivity index (χ3v) is 5.50. The van der Waals surface area contributed by atoms with E-state index in [4.69, 9.17) is 4.74 Å². The third-order valence-electron chi connectivity index (χ3n) is 5.50. The second kappa shape index (κ2) is 7.77. The van der Waals surface area contributed by atoms with Crippen molar-refractivity contribution in [1.82, 2.24) is 10.2 Å². The van der Waals surface area contributed by atoms with Crippen molar-refractivity contribution in [3.63, 3.8) is 0 Å². The van der Waals surface area contributed by atoms with Crippen molar-refractivity contribution in [3.8, 4) is 0 Å². The second-order valence-electron chi connectivity index (χ2n) is 6.84. The fourth-order valence-corrected chi connectivity index (χ4v) is 3.98. The molecule has 1 saturated heterocycles. The van der Waals surface area contributed by atoms with Crippen LogP contribution in [0.15, 0.2) is 0 Å². The van der Waals surface area contributed by atoms with Gasteiger partial charge >= 0.3 is 0 Å². The molecule has 1 saturated carbocycles. The molecule has 2 rings (SSSR count). The van der Waals surface area contributed by atoms with Crippen molar-refractivity contribution in [2.24, 2.45) is 5.92 Å². The predicted molar refractivity (Wildman–Crippen MR) is 85.1 cm³/mol. The summed E-state index contributed by atoms with van der Waals surface area (Å²) in [5.41, 5.74) is 0.411. The van der Waals surface area contributed by atoms with E-state index in [2.05, 4.69) is 31.0 Å². The van der Waals surface area contributed by atoms with Crippen LogP contribution in [-0.2, 0) is 4.74 Å². The lowest BCUT2D eigenvalue weighted by atomic mass is 9.78. The van der Waals surface area contributed by atoms with Gasteiger partial charge in [0.2, 0.25) is 0 Å². The van der Waals surface area contributed by atoms with Crippen molar-refractivity contribution in [3.05, 3.63) is 0 Å². The zero-order valence-corrected chi connectivity index (χ0v) is 13.8. The average Bonchev–Trinajstić information content (AvgIpc) is 2.48. The summed E-state index contributed by atoms with van der Waals surface area (Å²) in [7, 11) is 0. The van der Waals surface area contributed by atoms with Gasteiger partial charge in [0, 0.05) is 37.8 Å². The molecule has 2 fully saturated rings. The molecule has 3 heteroatoms. The van der Waals surface area contributed by atoms with Crippen LogP contribution in [0.3, 0.4) is 0 Å². The lowest BCUT2D eigenvalue weighted by molar-refractivity contribution is 0.0112. The van der Waals surface area contributed by atoms with Crippen LogP contribution in [-0.4, -0.2) is 49.3 Å². The molecule has 1 heterocycles. The van der Waals surface area contributed by atoms with Crippen molar-refractivity contribution in [1.29, 1.82) is 0 Å². The number of ether oxygens (including phenoxy) is 1. The fourth-order valence-electron chi connectivity index (χ4n) is 3.98. The highest BCUT2D eigenvalue weighted by atomic mass is 16.5. The van der Waals surface area contributed by atoms with Crippen molar-refractivity contribution in [2.45, 2.75) is 70.9 Å². The molecule has 118 valence electrons. The van der Waals surface area contributed by atoms with Crippen molar-refractivity contribution in [2.75, 3.05) is 32.8 Å². The van der Waals surface area contributed by atoms with E-state index in [0.29, 0.717) is 11.6 Å². The Morgan fingerprint density at radius 3 is 2.65 bits per heavy atom. The first-order valence-corrected chi connectivity index (χ1v) is 8.77. The van der Waals surface area contributed by atoms with Gasteiger partial charge in [-0.2, -0.15) is 0 Å². The Morgan fingerprint density at radius 1 is 1.25 bits per heavy atom. The first-order valence-electron chi connectivity index (χ1n) is 8.77. The molecule has 1 aliphatic heterocycles. The summed E-state index contributed by atoms with van der Waals surface area (Å²) in [4.78, 5) is 2.73. The largest absolute Gasteiger partial charge is 0.380 e. The van der Waals surface area contributed by atoms with E-state index in [1.54, 1.807) is 0 Å². The molecule has 20 heavy (non-hydrogen) atoms. The van der Waals surface area contributed by atoms with E-state index < -0.39 is 0 Å². The molecular formula is C17H34N2O. The molecule has 0 radical (unpaired) electrons. The van der Waals surface area contributed by atoms with E-state index >= 15 is 0 Å². The molecule has 2 atom stereocenters. The Morgan fingerprint density at radius 2 is 2.00 bits per heavy atom.